The van der Waals surface area contributed by atoms with Crippen LogP contribution in [0.15, 0.2) is 46.9 Å². The molecule has 1 atom stereocenters. The van der Waals surface area contributed by atoms with Crippen molar-refractivity contribution in [1.29, 1.82) is 0 Å². The molecule has 0 saturated heterocycles. The van der Waals surface area contributed by atoms with Crippen molar-refractivity contribution in [2.75, 3.05) is 7.11 Å². The first-order chi connectivity index (χ1) is 12.3. The zero-order valence-corrected chi connectivity index (χ0v) is 15.4. The van der Waals surface area contributed by atoms with Crippen molar-refractivity contribution in [1.82, 2.24) is 5.32 Å². The van der Waals surface area contributed by atoms with Gasteiger partial charge < -0.3 is 15.8 Å². The molecule has 0 fully saturated rings. The highest BCUT2D eigenvalue weighted by Crippen LogP contribution is 2.25. The first kappa shape index (κ1) is 19.4. The molecule has 2 rings (SSSR count). The highest BCUT2D eigenvalue weighted by atomic mass is 79.9. The van der Waals surface area contributed by atoms with Crippen LogP contribution in [0.1, 0.15) is 15.9 Å². The third-order valence-corrected chi connectivity index (χ3v) is 4.13. The fourth-order valence-corrected chi connectivity index (χ4v) is 2.75. The van der Waals surface area contributed by atoms with Gasteiger partial charge in [0.25, 0.3) is 11.6 Å². The number of rotatable bonds is 7. The average Bonchev–Trinajstić information content (AvgIpc) is 2.60. The Morgan fingerprint density at radius 3 is 2.62 bits per heavy atom. The van der Waals surface area contributed by atoms with E-state index in [1.165, 1.54) is 25.3 Å². The summed E-state index contributed by atoms with van der Waals surface area (Å²) < 4.78 is 5.88. The molecule has 0 aliphatic heterocycles. The summed E-state index contributed by atoms with van der Waals surface area (Å²) in [5.41, 5.74) is 5.98. The molecule has 0 spiro atoms. The Kier molecular flexibility index (Phi) is 6.29. The van der Waals surface area contributed by atoms with E-state index < -0.39 is 22.8 Å². The third kappa shape index (κ3) is 4.79. The van der Waals surface area contributed by atoms with Gasteiger partial charge in [0.15, 0.2) is 0 Å². The number of non-ortho nitro benzene ring substituents is 1. The Morgan fingerprint density at radius 2 is 2.04 bits per heavy atom. The summed E-state index contributed by atoms with van der Waals surface area (Å²) >= 11 is 3.27. The summed E-state index contributed by atoms with van der Waals surface area (Å²) in [6.45, 7) is 0. The molecule has 0 aliphatic rings. The minimum absolute atomic E-state index is 0.0417. The first-order valence-electron chi connectivity index (χ1n) is 7.49. The fraction of sp³-hybridized carbons (Fsp3) is 0.176. The SMILES string of the molecule is COc1ccc([N+](=O)[O-])cc1C[C@@H](NC(=O)c1cccc(Br)c1)C(N)=O. The number of hydrogen-bond donors (Lipinski definition) is 2. The normalized spacial score (nSPS) is 11.5. The highest BCUT2D eigenvalue weighted by Gasteiger charge is 2.22. The number of hydrogen-bond acceptors (Lipinski definition) is 5. The number of nitrogens with zero attached hydrogens (tertiary/aromatic N) is 1. The summed E-state index contributed by atoms with van der Waals surface area (Å²) in [7, 11) is 1.41. The number of amides is 2. The van der Waals surface area contributed by atoms with Gasteiger partial charge >= 0.3 is 0 Å². The van der Waals surface area contributed by atoms with Gasteiger partial charge in [0.2, 0.25) is 5.91 Å². The van der Waals surface area contributed by atoms with Crippen LogP contribution in [-0.2, 0) is 11.2 Å². The maximum absolute atomic E-state index is 12.4. The van der Waals surface area contributed by atoms with Gasteiger partial charge in [-0.25, -0.2) is 0 Å². The molecule has 0 radical (unpaired) electrons. The summed E-state index contributed by atoms with van der Waals surface area (Å²) in [5.74, 6) is -0.889. The minimum atomic E-state index is -1.06. The molecular formula is C17H16BrN3O5. The van der Waals surface area contributed by atoms with E-state index in [1.54, 1.807) is 24.3 Å². The number of primary amides is 1. The van der Waals surface area contributed by atoms with Crippen LogP contribution >= 0.6 is 15.9 Å². The molecule has 0 heterocycles. The molecular weight excluding hydrogens is 406 g/mol. The van der Waals surface area contributed by atoms with Crippen LogP contribution in [0.25, 0.3) is 0 Å². The molecule has 26 heavy (non-hydrogen) atoms. The van der Waals surface area contributed by atoms with Crippen molar-refractivity contribution >= 4 is 33.4 Å². The molecule has 0 aromatic heterocycles. The van der Waals surface area contributed by atoms with Crippen LogP contribution in [0, 0.1) is 10.1 Å². The highest BCUT2D eigenvalue weighted by molar-refractivity contribution is 9.10. The van der Waals surface area contributed by atoms with E-state index in [-0.39, 0.29) is 12.1 Å². The van der Waals surface area contributed by atoms with E-state index in [4.69, 9.17) is 10.5 Å². The van der Waals surface area contributed by atoms with E-state index in [9.17, 15) is 19.7 Å². The molecule has 2 aromatic carbocycles. The Labute approximate surface area is 157 Å². The molecule has 136 valence electrons. The number of carbonyl (C=O) groups excluding carboxylic acids is 2. The first-order valence-corrected chi connectivity index (χ1v) is 8.28. The smallest absolute Gasteiger partial charge is 0.269 e. The lowest BCUT2D eigenvalue weighted by Gasteiger charge is -2.17. The zero-order valence-electron chi connectivity index (χ0n) is 13.8. The number of methoxy groups -OCH3 is 1. The van der Waals surface area contributed by atoms with Crippen molar-refractivity contribution < 1.29 is 19.2 Å². The number of carbonyl (C=O) groups is 2. The van der Waals surface area contributed by atoms with Crippen molar-refractivity contribution in [2.24, 2.45) is 5.73 Å². The van der Waals surface area contributed by atoms with Gasteiger partial charge in [-0.05, 0) is 24.3 Å². The lowest BCUT2D eigenvalue weighted by Crippen LogP contribution is -2.45. The van der Waals surface area contributed by atoms with Gasteiger partial charge in [-0.2, -0.15) is 0 Å². The second kappa shape index (κ2) is 8.43. The van der Waals surface area contributed by atoms with E-state index >= 15 is 0 Å². The second-order valence-electron chi connectivity index (χ2n) is 5.40. The van der Waals surface area contributed by atoms with Crippen LogP contribution < -0.4 is 15.8 Å². The van der Waals surface area contributed by atoms with E-state index in [0.29, 0.717) is 21.3 Å². The number of halogens is 1. The summed E-state index contributed by atoms with van der Waals surface area (Å²) in [6, 6.07) is 9.59. The molecule has 9 heteroatoms. The molecule has 2 aromatic rings. The quantitative estimate of drug-likeness (QED) is 0.523. The van der Waals surface area contributed by atoms with E-state index in [2.05, 4.69) is 21.2 Å². The second-order valence-corrected chi connectivity index (χ2v) is 6.31. The number of nitrogens with two attached hydrogens (primary N) is 1. The predicted octanol–water partition coefficient (Wildman–Crippen LogP) is 2.19. The van der Waals surface area contributed by atoms with Gasteiger partial charge in [0.05, 0.1) is 12.0 Å². The van der Waals surface area contributed by atoms with Crippen LogP contribution in [-0.4, -0.2) is 29.9 Å². The average molecular weight is 422 g/mol. The van der Waals surface area contributed by atoms with Gasteiger partial charge in [0.1, 0.15) is 11.8 Å². The van der Waals surface area contributed by atoms with Gasteiger partial charge in [-0.3, -0.25) is 19.7 Å². The van der Waals surface area contributed by atoms with Crippen LogP contribution in [0.3, 0.4) is 0 Å². The Balaban J connectivity index is 2.26. The van der Waals surface area contributed by atoms with Crippen molar-refractivity contribution in [3.05, 3.63) is 68.2 Å². The van der Waals surface area contributed by atoms with Crippen molar-refractivity contribution in [3.63, 3.8) is 0 Å². The molecule has 0 aliphatic carbocycles. The zero-order chi connectivity index (χ0) is 19.3. The predicted molar refractivity (Wildman–Crippen MR) is 97.9 cm³/mol. The van der Waals surface area contributed by atoms with Gasteiger partial charge in [-0.1, -0.05) is 22.0 Å². The number of nitro groups is 1. The standard InChI is InChI=1S/C17H16BrN3O5/c1-26-15-6-5-13(21(24)25)8-11(15)9-14(16(19)22)20-17(23)10-3-2-4-12(18)7-10/h2-8,14H,9H2,1H3,(H2,19,22)(H,20,23)/t14-/m1/s1. The lowest BCUT2D eigenvalue weighted by molar-refractivity contribution is -0.384. The summed E-state index contributed by atoms with van der Waals surface area (Å²) in [4.78, 5) is 34.5. The molecule has 0 unspecified atom stereocenters. The monoisotopic (exact) mass is 421 g/mol. The number of benzene rings is 2. The Hall–Kier alpha value is -2.94. The Morgan fingerprint density at radius 1 is 1.31 bits per heavy atom. The van der Waals surface area contributed by atoms with Crippen molar-refractivity contribution in [3.8, 4) is 5.75 Å². The molecule has 0 saturated carbocycles. The van der Waals surface area contributed by atoms with E-state index in [0.717, 1.165) is 0 Å². The van der Waals surface area contributed by atoms with Crippen molar-refractivity contribution in [2.45, 2.75) is 12.5 Å². The number of ether oxygens (including phenoxy) is 1. The number of nitrogens with one attached hydrogen (secondary N) is 1. The molecule has 8 nitrogen and oxygen atoms in total. The minimum Gasteiger partial charge on any atom is -0.496 e. The van der Waals surface area contributed by atoms with Crippen LogP contribution in [0.5, 0.6) is 5.75 Å². The largest absolute Gasteiger partial charge is 0.496 e. The molecule has 0 bridgehead atoms. The summed E-state index contributed by atoms with van der Waals surface area (Å²) in [6.07, 6.45) is -0.0417. The lowest BCUT2D eigenvalue weighted by atomic mass is 10.0. The van der Waals surface area contributed by atoms with Gasteiger partial charge in [0, 0.05) is 34.2 Å². The van der Waals surface area contributed by atoms with Gasteiger partial charge in [-0.15, -0.1) is 0 Å². The Bertz CT molecular complexity index is 856. The maximum Gasteiger partial charge on any atom is 0.269 e. The van der Waals surface area contributed by atoms with Crippen LogP contribution in [0.2, 0.25) is 0 Å². The summed E-state index contributed by atoms with van der Waals surface area (Å²) in [5, 5.41) is 13.5. The fourth-order valence-electron chi connectivity index (χ4n) is 2.35. The third-order valence-electron chi connectivity index (χ3n) is 3.63. The molecule has 3 N–H and O–H groups in total. The topological polar surface area (TPSA) is 125 Å². The van der Waals surface area contributed by atoms with Crippen LogP contribution in [0.4, 0.5) is 5.69 Å². The molecule has 2 amide bonds. The van der Waals surface area contributed by atoms with E-state index in [1.807, 2.05) is 0 Å². The maximum atomic E-state index is 12.4. The number of nitro benzene ring substituents is 1.